The van der Waals surface area contributed by atoms with E-state index in [1.807, 2.05) is 0 Å². The molecular weight excluding hydrogens is 204 g/mol. The van der Waals surface area contributed by atoms with Gasteiger partial charge in [0, 0.05) is 19.5 Å². The largest absolute Gasteiger partial charge is 0.355 e. The second kappa shape index (κ2) is 4.44. The maximum atomic E-state index is 11.8. The summed E-state index contributed by atoms with van der Waals surface area (Å²) < 4.78 is 0. The zero-order chi connectivity index (χ0) is 11.6. The molecule has 1 aliphatic heterocycles. The normalized spacial score (nSPS) is 27.1. The lowest BCUT2D eigenvalue weighted by Gasteiger charge is -2.41. The molecule has 2 amide bonds. The Bertz CT molecular complexity index is 292. The molecule has 4 nitrogen and oxygen atoms in total. The molecule has 2 aliphatic rings. The molecule has 0 bridgehead atoms. The maximum Gasteiger partial charge on any atom is 0.225 e. The molecule has 90 valence electrons. The summed E-state index contributed by atoms with van der Waals surface area (Å²) in [5.41, 5.74) is 0.353. The number of nitrogens with one attached hydrogen (secondary N) is 2. The van der Waals surface area contributed by atoms with Gasteiger partial charge in [0.15, 0.2) is 0 Å². The minimum atomic E-state index is -0.151. The third-order valence-electron chi connectivity index (χ3n) is 4.15. The molecule has 1 saturated heterocycles. The zero-order valence-corrected chi connectivity index (χ0v) is 9.84. The Morgan fingerprint density at radius 2 is 2.31 bits per heavy atom. The topological polar surface area (TPSA) is 58.2 Å². The summed E-state index contributed by atoms with van der Waals surface area (Å²) in [6.07, 6.45) is 5.23. The average Bonchev–Trinajstić information content (AvgIpc) is 2.64. The fourth-order valence-electron chi connectivity index (χ4n) is 2.54. The van der Waals surface area contributed by atoms with Crippen molar-refractivity contribution >= 4 is 11.8 Å². The minimum absolute atomic E-state index is 0.00556. The highest BCUT2D eigenvalue weighted by molar-refractivity contribution is 5.89. The van der Waals surface area contributed by atoms with Gasteiger partial charge in [-0.2, -0.15) is 0 Å². The summed E-state index contributed by atoms with van der Waals surface area (Å²) in [4.78, 5) is 22.8. The number of carbonyl (C=O) groups excluding carboxylic acids is 2. The van der Waals surface area contributed by atoms with Crippen molar-refractivity contribution in [3.8, 4) is 0 Å². The van der Waals surface area contributed by atoms with Crippen LogP contribution in [0.3, 0.4) is 0 Å². The van der Waals surface area contributed by atoms with Gasteiger partial charge in [0.1, 0.15) is 0 Å². The molecule has 1 unspecified atom stereocenters. The summed E-state index contributed by atoms with van der Waals surface area (Å²) >= 11 is 0. The summed E-state index contributed by atoms with van der Waals surface area (Å²) in [6.45, 7) is 3.47. The minimum Gasteiger partial charge on any atom is -0.355 e. The molecular formula is C12H20N2O2. The Kier molecular flexibility index (Phi) is 3.17. The summed E-state index contributed by atoms with van der Waals surface area (Å²) in [7, 11) is 0. The third kappa shape index (κ3) is 2.20. The standard InChI is InChI=1S/C12H20N2O2/c1-2-12(4-3-5-12)8-14-11(16)9-6-10(15)13-7-9/h9H,2-8H2,1H3,(H,13,15)(H,14,16). The van der Waals surface area contributed by atoms with Crippen LogP contribution in [0.1, 0.15) is 39.0 Å². The molecule has 2 rings (SSSR count). The summed E-state index contributed by atoms with van der Waals surface area (Å²) in [5, 5.41) is 5.70. The van der Waals surface area contributed by atoms with Crippen molar-refractivity contribution in [2.45, 2.75) is 39.0 Å². The molecule has 2 fully saturated rings. The number of carbonyl (C=O) groups is 2. The molecule has 0 aromatic rings. The van der Waals surface area contributed by atoms with Gasteiger partial charge < -0.3 is 10.6 Å². The monoisotopic (exact) mass is 224 g/mol. The molecule has 1 atom stereocenters. The fourth-order valence-corrected chi connectivity index (χ4v) is 2.54. The highest BCUT2D eigenvalue weighted by atomic mass is 16.2. The molecule has 0 aromatic carbocycles. The lowest BCUT2D eigenvalue weighted by molar-refractivity contribution is -0.127. The van der Waals surface area contributed by atoms with Crippen LogP contribution in [-0.4, -0.2) is 24.9 Å². The lowest BCUT2D eigenvalue weighted by Crippen LogP contribution is -2.43. The van der Waals surface area contributed by atoms with Crippen LogP contribution in [0.4, 0.5) is 0 Å². The highest BCUT2D eigenvalue weighted by Gasteiger charge is 2.36. The maximum absolute atomic E-state index is 11.8. The van der Waals surface area contributed by atoms with Crippen LogP contribution in [0.15, 0.2) is 0 Å². The van der Waals surface area contributed by atoms with E-state index in [1.54, 1.807) is 0 Å². The third-order valence-corrected chi connectivity index (χ3v) is 4.15. The van der Waals surface area contributed by atoms with Crippen LogP contribution in [0, 0.1) is 11.3 Å². The molecule has 1 saturated carbocycles. The number of hydrogen-bond donors (Lipinski definition) is 2. The van der Waals surface area contributed by atoms with E-state index in [2.05, 4.69) is 17.6 Å². The molecule has 1 heterocycles. The van der Waals surface area contributed by atoms with Gasteiger partial charge in [-0.3, -0.25) is 9.59 Å². The predicted octanol–water partition coefficient (Wildman–Crippen LogP) is 0.819. The van der Waals surface area contributed by atoms with E-state index in [1.165, 1.54) is 19.3 Å². The lowest BCUT2D eigenvalue weighted by atomic mass is 9.67. The molecule has 0 radical (unpaired) electrons. The Balaban J connectivity index is 1.77. The van der Waals surface area contributed by atoms with E-state index in [4.69, 9.17) is 0 Å². The molecule has 2 N–H and O–H groups in total. The average molecular weight is 224 g/mol. The second-order valence-corrected chi connectivity index (χ2v) is 5.13. The molecule has 0 spiro atoms. The number of amides is 2. The summed E-state index contributed by atoms with van der Waals surface area (Å²) in [6, 6.07) is 0. The van der Waals surface area contributed by atoms with Crippen molar-refractivity contribution in [1.82, 2.24) is 10.6 Å². The number of hydrogen-bond acceptors (Lipinski definition) is 2. The zero-order valence-electron chi connectivity index (χ0n) is 9.84. The van der Waals surface area contributed by atoms with E-state index in [-0.39, 0.29) is 17.7 Å². The first kappa shape index (κ1) is 11.4. The van der Waals surface area contributed by atoms with Crippen LogP contribution >= 0.6 is 0 Å². The van der Waals surface area contributed by atoms with Crippen molar-refractivity contribution in [3.05, 3.63) is 0 Å². The molecule has 16 heavy (non-hydrogen) atoms. The van der Waals surface area contributed by atoms with Gasteiger partial charge in [0.25, 0.3) is 0 Å². The van der Waals surface area contributed by atoms with Gasteiger partial charge in [0.2, 0.25) is 11.8 Å². The summed E-state index contributed by atoms with van der Waals surface area (Å²) in [5.74, 6) is -0.117. The van der Waals surface area contributed by atoms with Crippen molar-refractivity contribution in [2.24, 2.45) is 11.3 Å². The SMILES string of the molecule is CCC1(CNC(=O)C2CNC(=O)C2)CCC1. The predicted molar refractivity (Wildman–Crippen MR) is 60.7 cm³/mol. The van der Waals surface area contributed by atoms with Gasteiger partial charge in [-0.15, -0.1) is 0 Å². The van der Waals surface area contributed by atoms with E-state index >= 15 is 0 Å². The van der Waals surface area contributed by atoms with Gasteiger partial charge >= 0.3 is 0 Å². The second-order valence-electron chi connectivity index (χ2n) is 5.13. The van der Waals surface area contributed by atoms with Crippen molar-refractivity contribution < 1.29 is 9.59 Å². The highest BCUT2D eigenvalue weighted by Crippen LogP contribution is 2.43. The quantitative estimate of drug-likeness (QED) is 0.742. The molecule has 4 heteroatoms. The van der Waals surface area contributed by atoms with Crippen molar-refractivity contribution in [1.29, 1.82) is 0 Å². The fraction of sp³-hybridized carbons (Fsp3) is 0.833. The molecule has 1 aliphatic carbocycles. The van der Waals surface area contributed by atoms with Crippen LogP contribution in [-0.2, 0) is 9.59 Å². The smallest absolute Gasteiger partial charge is 0.225 e. The van der Waals surface area contributed by atoms with Crippen molar-refractivity contribution in [3.63, 3.8) is 0 Å². The van der Waals surface area contributed by atoms with E-state index in [0.29, 0.717) is 18.4 Å². The van der Waals surface area contributed by atoms with Crippen molar-refractivity contribution in [2.75, 3.05) is 13.1 Å². The van der Waals surface area contributed by atoms with Crippen LogP contribution in [0.5, 0.6) is 0 Å². The first-order valence-electron chi connectivity index (χ1n) is 6.20. The van der Waals surface area contributed by atoms with E-state index in [9.17, 15) is 9.59 Å². The van der Waals surface area contributed by atoms with Gasteiger partial charge in [-0.25, -0.2) is 0 Å². The first-order chi connectivity index (χ1) is 7.65. The Hall–Kier alpha value is -1.06. The Labute approximate surface area is 96.2 Å². The van der Waals surface area contributed by atoms with Crippen LogP contribution < -0.4 is 10.6 Å². The van der Waals surface area contributed by atoms with Crippen LogP contribution in [0.2, 0.25) is 0 Å². The van der Waals surface area contributed by atoms with Crippen LogP contribution in [0.25, 0.3) is 0 Å². The number of rotatable bonds is 4. The Morgan fingerprint density at radius 3 is 2.75 bits per heavy atom. The van der Waals surface area contributed by atoms with Gasteiger partial charge in [-0.05, 0) is 24.7 Å². The van der Waals surface area contributed by atoms with Gasteiger partial charge in [-0.1, -0.05) is 13.3 Å². The van der Waals surface area contributed by atoms with E-state index < -0.39 is 0 Å². The molecule has 0 aromatic heterocycles. The van der Waals surface area contributed by atoms with Gasteiger partial charge in [0.05, 0.1) is 5.92 Å². The first-order valence-corrected chi connectivity index (χ1v) is 6.20. The van der Waals surface area contributed by atoms with E-state index in [0.717, 1.165) is 13.0 Å². The Morgan fingerprint density at radius 1 is 1.56 bits per heavy atom.